The molecular weight excluding hydrogens is 281 g/mol. The zero-order valence-corrected chi connectivity index (χ0v) is 11.3. The molecule has 0 spiro atoms. The summed E-state index contributed by atoms with van der Waals surface area (Å²) in [4.78, 5) is 0. The van der Waals surface area contributed by atoms with Gasteiger partial charge in [-0.15, -0.1) is 0 Å². The Kier molecular flexibility index (Phi) is 6.10. The average molecular weight is 297 g/mol. The maximum Gasteiger partial charge on any atom is 0.411 e. The van der Waals surface area contributed by atoms with Gasteiger partial charge in [0.1, 0.15) is 6.61 Å². The quantitative estimate of drug-likeness (QED) is 0.814. The summed E-state index contributed by atoms with van der Waals surface area (Å²) in [6.07, 6.45) is -4.66. The zero-order valence-electron chi connectivity index (χ0n) is 10.5. The van der Waals surface area contributed by atoms with E-state index in [1.165, 1.54) is 0 Å². The minimum atomic E-state index is -4.33. The molecule has 1 unspecified atom stereocenters. The van der Waals surface area contributed by atoms with Crippen LogP contribution in [0.25, 0.3) is 0 Å². The monoisotopic (exact) mass is 296 g/mol. The predicted octanol–water partition coefficient (Wildman–Crippen LogP) is 3.52. The SMILES string of the molecule is Cc1ccc(CC(O)CCOCC(F)(F)F)c(Cl)c1. The maximum atomic E-state index is 11.8. The third-order valence-corrected chi connectivity index (χ3v) is 2.88. The fourth-order valence-corrected chi connectivity index (χ4v) is 1.89. The Labute approximate surface area is 115 Å². The Morgan fingerprint density at radius 1 is 1.37 bits per heavy atom. The van der Waals surface area contributed by atoms with Gasteiger partial charge in [0.05, 0.1) is 6.10 Å². The van der Waals surface area contributed by atoms with Crippen molar-refractivity contribution >= 4 is 11.6 Å². The lowest BCUT2D eigenvalue weighted by molar-refractivity contribution is -0.175. The van der Waals surface area contributed by atoms with Gasteiger partial charge in [0.25, 0.3) is 0 Å². The van der Waals surface area contributed by atoms with Crippen LogP contribution < -0.4 is 0 Å². The van der Waals surface area contributed by atoms with Crippen LogP contribution in [0.1, 0.15) is 17.5 Å². The van der Waals surface area contributed by atoms with Gasteiger partial charge in [-0.1, -0.05) is 23.7 Å². The Morgan fingerprint density at radius 3 is 2.63 bits per heavy atom. The molecule has 1 rings (SSSR count). The molecule has 1 N–H and O–H groups in total. The largest absolute Gasteiger partial charge is 0.411 e. The minimum Gasteiger partial charge on any atom is -0.393 e. The number of ether oxygens (including phenoxy) is 1. The lowest BCUT2D eigenvalue weighted by atomic mass is 10.0. The molecule has 0 radical (unpaired) electrons. The van der Waals surface area contributed by atoms with Gasteiger partial charge in [-0.3, -0.25) is 0 Å². The molecule has 6 heteroatoms. The summed E-state index contributed by atoms with van der Waals surface area (Å²) < 4.78 is 39.9. The van der Waals surface area contributed by atoms with E-state index in [0.29, 0.717) is 11.4 Å². The van der Waals surface area contributed by atoms with Crippen LogP contribution in [0.3, 0.4) is 0 Å². The molecule has 19 heavy (non-hydrogen) atoms. The second-order valence-corrected chi connectivity index (χ2v) is 4.82. The van der Waals surface area contributed by atoms with Gasteiger partial charge in [0, 0.05) is 11.6 Å². The predicted molar refractivity (Wildman–Crippen MR) is 67.4 cm³/mol. The van der Waals surface area contributed by atoms with E-state index in [9.17, 15) is 18.3 Å². The molecule has 1 aromatic carbocycles. The molecular formula is C13H16ClF3O2. The Morgan fingerprint density at radius 2 is 2.05 bits per heavy atom. The first-order chi connectivity index (χ1) is 8.78. The van der Waals surface area contributed by atoms with Crippen molar-refractivity contribution < 1.29 is 23.0 Å². The Balaban J connectivity index is 2.33. The summed E-state index contributed by atoms with van der Waals surface area (Å²) in [6.45, 7) is 0.478. The number of hydrogen-bond acceptors (Lipinski definition) is 2. The molecule has 1 atom stereocenters. The molecule has 0 aliphatic rings. The third-order valence-electron chi connectivity index (χ3n) is 2.53. The fraction of sp³-hybridized carbons (Fsp3) is 0.538. The second-order valence-electron chi connectivity index (χ2n) is 4.41. The number of aliphatic hydroxyl groups is 1. The second kappa shape index (κ2) is 7.12. The van der Waals surface area contributed by atoms with Crippen LogP contribution in [-0.4, -0.2) is 30.6 Å². The van der Waals surface area contributed by atoms with E-state index in [4.69, 9.17) is 11.6 Å². The number of halogens is 4. The van der Waals surface area contributed by atoms with Crippen molar-refractivity contribution in [1.29, 1.82) is 0 Å². The Hall–Kier alpha value is -0.780. The number of aryl methyl sites for hydroxylation is 1. The van der Waals surface area contributed by atoms with Crippen LogP contribution in [-0.2, 0) is 11.2 Å². The van der Waals surface area contributed by atoms with Crippen LogP contribution in [0.5, 0.6) is 0 Å². The van der Waals surface area contributed by atoms with Crippen molar-refractivity contribution in [2.45, 2.75) is 32.0 Å². The van der Waals surface area contributed by atoms with Crippen LogP contribution >= 0.6 is 11.6 Å². The van der Waals surface area contributed by atoms with Gasteiger partial charge < -0.3 is 9.84 Å². The van der Waals surface area contributed by atoms with E-state index in [2.05, 4.69) is 4.74 Å². The van der Waals surface area contributed by atoms with Gasteiger partial charge in [-0.05, 0) is 37.0 Å². The number of aliphatic hydroxyl groups excluding tert-OH is 1. The Bertz CT molecular complexity index is 407. The van der Waals surface area contributed by atoms with Gasteiger partial charge in [-0.2, -0.15) is 13.2 Å². The lowest BCUT2D eigenvalue weighted by Crippen LogP contribution is -2.20. The normalized spacial score (nSPS) is 13.6. The highest BCUT2D eigenvalue weighted by molar-refractivity contribution is 6.31. The van der Waals surface area contributed by atoms with Crippen molar-refractivity contribution in [3.63, 3.8) is 0 Å². The van der Waals surface area contributed by atoms with Gasteiger partial charge in [-0.25, -0.2) is 0 Å². The minimum absolute atomic E-state index is 0.135. The first-order valence-corrected chi connectivity index (χ1v) is 6.23. The van der Waals surface area contributed by atoms with Gasteiger partial charge in [0.15, 0.2) is 0 Å². The molecule has 2 nitrogen and oxygen atoms in total. The fourth-order valence-electron chi connectivity index (χ4n) is 1.58. The highest BCUT2D eigenvalue weighted by atomic mass is 35.5. The number of alkyl halides is 3. The van der Waals surface area contributed by atoms with E-state index in [-0.39, 0.29) is 13.0 Å². The summed E-state index contributed by atoms with van der Waals surface area (Å²) in [5.74, 6) is 0. The summed E-state index contributed by atoms with van der Waals surface area (Å²) in [5, 5.41) is 10.3. The zero-order chi connectivity index (χ0) is 14.5. The molecule has 0 saturated carbocycles. The lowest BCUT2D eigenvalue weighted by Gasteiger charge is -2.13. The average Bonchev–Trinajstić information content (AvgIpc) is 2.27. The number of hydrogen-bond donors (Lipinski definition) is 1. The first-order valence-electron chi connectivity index (χ1n) is 5.85. The smallest absolute Gasteiger partial charge is 0.393 e. The molecule has 0 heterocycles. The molecule has 0 saturated heterocycles. The first kappa shape index (κ1) is 16.3. The molecule has 0 aromatic heterocycles. The van der Waals surface area contributed by atoms with Crippen LogP contribution in [0, 0.1) is 6.92 Å². The summed E-state index contributed by atoms with van der Waals surface area (Å²) >= 11 is 6.00. The third kappa shape index (κ3) is 6.80. The molecule has 108 valence electrons. The molecule has 0 aliphatic carbocycles. The molecule has 1 aromatic rings. The van der Waals surface area contributed by atoms with Crippen molar-refractivity contribution in [2.75, 3.05) is 13.2 Å². The van der Waals surface area contributed by atoms with Crippen molar-refractivity contribution in [1.82, 2.24) is 0 Å². The summed E-state index contributed by atoms with van der Waals surface area (Å²) in [7, 11) is 0. The molecule has 0 fully saturated rings. The van der Waals surface area contributed by atoms with Gasteiger partial charge >= 0.3 is 6.18 Å². The van der Waals surface area contributed by atoms with E-state index in [1.807, 2.05) is 13.0 Å². The number of rotatable bonds is 6. The summed E-state index contributed by atoms with van der Waals surface area (Å²) in [5.41, 5.74) is 1.78. The summed E-state index contributed by atoms with van der Waals surface area (Å²) in [6, 6.07) is 5.45. The maximum absolute atomic E-state index is 11.8. The van der Waals surface area contributed by atoms with Crippen molar-refractivity contribution in [3.05, 3.63) is 34.3 Å². The standard InChI is InChI=1S/C13H16ClF3O2/c1-9-2-3-10(12(14)6-9)7-11(18)4-5-19-8-13(15,16)17/h2-3,6,11,18H,4-5,7-8H2,1H3. The van der Waals surface area contributed by atoms with E-state index < -0.39 is 18.9 Å². The highest BCUT2D eigenvalue weighted by Gasteiger charge is 2.27. The van der Waals surface area contributed by atoms with Crippen LogP contribution in [0.15, 0.2) is 18.2 Å². The van der Waals surface area contributed by atoms with E-state index in [0.717, 1.165) is 11.1 Å². The van der Waals surface area contributed by atoms with Crippen molar-refractivity contribution in [2.24, 2.45) is 0 Å². The highest BCUT2D eigenvalue weighted by Crippen LogP contribution is 2.20. The molecule has 0 amide bonds. The topological polar surface area (TPSA) is 29.5 Å². The van der Waals surface area contributed by atoms with Crippen LogP contribution in [0.2, 0.25) is 5.02 Å². The molecule has 0 aliphatic heterocycles. The van der Waals surface area contributed by atoms with Crippen LogP contribution in [0.4, 0.5) is 13.2 Å². The number of benzene rings is 1. The van der Waals surface area contributed by atoms with E-state index >= 15 is 0 Å². The molecule has 0 bridgehead atoms. The van der Waals surface area contributed by atoms with Gasteiger partial charge in [0.2, 0.25) is 0 Å². The van der Waals surface area contributed by atoms with E-state index in [1.54, 1.807) is 12.1 Å². The van der Waals surface area contributed by atoms with Crippen molar-refractivity contribution in [3.8, 4) is 0 Å².